The highest BCUT2D eigenvalue weighted by Gasteiger charge is 2.14. The molecule has 0 saturated heterocycles. The molecule has 0 spiro atoms. The topological polar surface area (TPSA) is 89.2 Å². The molecule has 0 unspecified atom stereocenters. The van der Waals surface area contributed by atoms with Gasteiger partial charge in [0.15, 0.2) is 5.76 Å². The Hall–Kier alpha value is -3.52. The van der Waals surface area contributed by atoms with Crippen LogP contribution in [-0.2, 0) is 17.8 Å². The fourth-order valence-electron chi connectivity index (χ4n) is 3.48. The summed E-state index contributed by atoms with van der Waals surface area (Å²) in [7, 11) is 0. The molecule has 0 fully saturated rings. The number of furan rings is 1. The van der Waals surface area contributed by atoms with Gasteiger partial charge < -0.3 is 19.6 Å². The van der Waals surface area contributed by atoms with Crippen LogP contribution in [0.5, 0.6) is 0 Å². The van der Waals surface area contributed by atoms with Crippen molar-refractivity contribution in [3.05, 3.63) is 78.5 Å². The summed E-state index contributed by atoms with van der Waals surface area (Å²) in [6.07, 6.45) is 4.79. The lowest BCUT2D eigenvalue weighted by Gasteiger charge is -2.11. The van der Waals surface area contributed by atoms with E-state index in [2.05, 4.69) is 10.6 Å². The molecule has 0 saturated carbocycles. The summed E-state index contributed by atoms with van der Waals surface area (Å²) in [5, 5.41) is 5.82. The van der Waals surface area contributed by atoms with Crippen LogP contribution in [0.3, 0.4) is 0 Å². The number of fused-ring (bicyclic) bond motifs is 1. The zero-order chi connectivity index (χ0) is 22.3. The minimum Gasteiger partial charge on any atom is -0.459 e. The van der Waals surface area contributed by atoms with Gasteiger partial charge in [-0.15, -0.1) is 11.8 Å². The summed E-state index contributed by atoms with van der Waals surface area (Å²) < 4.78 is 7.04. The highest BCUT2D eigenvalue weighted by Crippen LogP contribution is 2.20. The summed E-state index contributed by atoms with van der Waals surface area (Å²) in [5.41, 5.74) is 2.53. The van der Waals surface area contributed by atoms with Crippen molar-refractivity contribution in [3.8, 4) is 0 Å². The molecule has 2 amide bonds. The maximum atomic E-state index is 12.8. The number of nitrogens with one attached hydrogen (secondary N) is 2. The molecule has 7 nitrogen and oxygen atoms in total. The first-order valence-corrected chi connectivity index (χ1v) is 11.6. The SMILES string of the molecule is CSc1cccc(NC(=O)Cn2c(CCCNC(=O)c3ccco3)nc3ccccc32)c1. The average Bonchev–Trinajstić information content (AvgIpc) is 3.46. The number of aryl methyl sites for hydroxylation is 1. The van der Waals surface area contributed by atoms with Gasteiger partial charge in [0.05, 0.1) is 17.3 Å². The second-order valence-corrected chi connectivity index (χ2v) is 8.10. The number of carbonyl (C=O) groups is 2. The minimum absolute atomic E-state index is 0.112. The molecule has 4 aromatic rings. The van der Waals surface area contributed by atoms with Crippen molar-refractivity contribution in [2.45, 2.75) is 24.3 Å². The molecule has 32 heavy (non-hydrogen) atoms. The monoisotopic (exact) mass is 448 g/mol. The lowest BCUT2D eigenvalue weighted by molar-refractivity contribution is -0.116. The van der Waals surface area contributed by atoms with Gasteiger partial charge >= 0.3 is 0 Å². The maximum absolute atomic E-state index is 12.8. The van der Waals surface area contributed by atoms with E-state index >= 15 is 0 Å². The number of para-hydroxylation sites is 2. The lowest BCUT2D eigenvalue weighted by Crippen LogP contribution is -2.25. The smallest absolute Gasteiger partial charge is 0.286 e. The Morgan fingerprint density at radius 1 is 1.09 bits per heavy atom. The normalized spacial score (nSPS) is 10.9. The number of benzene rings is 2. The molecular weight excluding hydrogens is 424 g/mol. The first kappa shape index (κ1) is 21.7. The number of amides is 2. The van der Waals surface area contributed by atoms with Gasteiger partial charge in [-0.05, 0) is 55.1 Å². The number of hydrogen-bond acceptors (Lipinski definition) is 5. The van der Waals surface area contributed by atoms with Crippen LogP contribution in [0.25, 0.3) is 11.0 Å². The number of thioether (sulfide) groups is 1. The standard InChI is InChI=1S/C24H24N4O3S/c1-32-18-8-4-7-17(15-18)26-23(29)16-28-20-10-3-2-9-19(20)27-22(28)12-5-13-25-24(30)21-11-6-14-31-21/h2-4,6-11,14-15H,5,12-13,16H2,1H3,(H,25,30)(H,26,29). The maximum Gasteiger partial charge on any atom is 0.286 e. The molecule has 2 N–H and O–H groups in total. The number of rotatable bonds is 9. The predicted molar refractivity (Wildman–Crippen MR) is 126 cm³/mol. The molecule has 0 bridgehead atoms. The fraction of sp³-hybridized carbons (Fsp3) is 0.208. The number of imidazole rings is 1. The van der Waals surface area contributed by atoms with Gasteiger partial charge in [0.1, 0.15) is 12.4 Å². The average molecular weight is 449 g/mol. The molecular formula is C24H24N4O3S. The number of aromatic nitrogens is 2. The zero-order valence-electron chi connectivity index (χ0n) is 17.7. The molecule has 0 aliphatic rings. The van der Waals surface area contributed by atoms with Gasteiger partial charge in [0.25, 0.3) is 5.91 Å². The molecule has 0 aliphatic carbocycles. The zero-order valence-corrected chi connectivity index (χ0v) is 18.5. The first-order valence-electron chi connectivity index (χ1n) is 10.3. The molecule has 2 aromatic carbocycles. The van der Waals surface area contributed by atoms with Gasteiger partial charge in [-0.2, -0.15) is 0 Å². The van der Waals surface area contributed by atoms with Crippen LogP contribution in [0.4, 0.5) is 5.69 Å². The summed E-state index contributed by atoms with van der Waals surface area (Å²) in [5.74, 6) is 0.750. The van der Waals surface area contributed by atoms with Crippen molar-refractivity contribution in [2.75, 3.05) is 18.1 Å². The van der Waals surface area contributed by atoms with Gasteiger partial charge in [0, 0.05) is 23.5 Å². The highest BCUT2D eigenvalue weighted by atomic mass is 32.2. The van der Waals surface area contributed by atoms with Gasteiger partial charge in [0.2, 0.25) is 5.91 Å². The second-order valence-electron chi connectivity index (χ2n) is 7.22. The van der Waals surface area contributed by atoms with Crippen LogP contribution in [0.15, 0.2) is 76.2 Å². The van der Waals surface area contributed by atoms with E-state index in [1.54, 1.807) is 23.9 Å². The lowest BCUT2D eigenvalue weighted by atomic mass is 10.2. The molecule has 4 rings (SSSR count). The van der Waals surface area contributed by atoms with E-state index in [4.69, 9.17) is 9.40 Å². The Balaban J connectivity index is 1.42. The predicted octanol–water partition coefficient (Wildman–Crippen LogP) is 4.35. The van der Waals surface area contributed by atoms with E-state index in [0.717, 1.165) is 27.4 Å². The molecule has 8 heteroatoms. The number of hydrogen-bond donors (Lipinski definition) is 2. The van der Waals surface area contributed by atoms with Crippen molar-refractivity contribution >= 4 is 40.3 Å². The van der Waals surface area contributed by atoms with E-state index in [0.29, 0.717) is 25.1 Å². The van der Waals surface area contributed by atoms with Crippen LogP contribution < -0.4 is 10.6 Å². The van der Waals surface area contributed by atoms with Crippen molar-refractivity contribution < 1.29 is 14.0 Å². The molecule has 0 atom stereocenters. The number of carbonyl (C=O) groups excluding carboxylic acids is 2. The molecule has 0 radical (unpaired) electrons. The Bertz CT molecular complexity index is 1220. The summed E-state index contributed by atoms with van der Waals surface area (Å²) >= 11 is 1.63. The Kier molecular flexibility index (Phi) is 6.91. The quantitative estimate of drug-likeness (QED) is 0.293. The largest absolute Gasteiger partial charge is 0.459 e. The summed E-state index contributed by atoms with van der Waals surface area (Å²) in [6, 6.07) is 18.9. The van der Waals surface area contributed by atoms with E-state index < -0.39 is 0 Å². The van der Waals surface area contributed by atoms with Gasteiger partial charge in [-0.1, -0.05) is 18.2 Å². The van der Waals surface area contributed by atoms with Gasteiger partial charge in [-0.3, -0.25) is 9.59 Å². The van der Waals surface area contributed by atoms with Crippen molar-refractivity contribution in [2.24, 2.45) is 0 Å². The molecule has 164 valence electrons. The number of nitrogens with zero attached hydrogens (tertiary/aromatic N) is 2. The van der Waals surface area contributed by atoms with Crippen LogP contribution >= 0.6 is 11.8 Å². The third-order valence-corrected chi connectivity index (χ3v) is 5.72. The van der Waals surface area contributed by atoms with Crippen LogP contribution in [0, 0.1) is 0 Å². The van der Waals surface area contributed by atoms with E-state index in [9.17, 15) is 9.59 Å². The minimum atomic E-state index is -0.240. The van der Waals surface area contributed by atoms with Crippen molar-refractivity contribution in [1.82, 2.24) is 14.9 Å². The van der Waals surface area contributed by atoms with Crippen LogP contribution in [0.1, 0.15) is 22.8 Å². The van der Waals surface area contributed by atoms with E-state index in [1.807, 2.05) is 59.4 Å². The highest BCUT2D eigenvalue weighted by molar-refractivity contribution is 7.98. The van der Waals surface area contributed by atoms with Crippen molar-refractivity contribution in [3.63, 3.8) is 0 Å². The third kappa shape index (κ3) is 5.20. The second kappa shape index (κ2) is 10.2. The Morgan fingerprint density at radius 2 is 1.97 bits per heavy atom. The summed E-state index contributed by atoms with van der Waals surface area (Å²) in [6.45, 7) is 0.647. The van der Waals surface area contributed by atoms with Crippen LogP contribution in [0.2, 0.25) is 0 Å². The van der Waals surface area contributed by atoms with E-state index in [1.165, 1.54) is 6.26 Å². The first-order chi connectivity index (χ1) is 15.6. The van der Waals surface area contributed by atoms with E-state index in [-0.39, 0.29) is 18.4 Å². The van der Waals surface area contributed by atoms with Crippen LogP contribution in [-0.4, -0.2) is 34.2 Å². The van der Waals surface area contributed by atoms with Gasteiger partial charge in [-0.25, -0.2) is 4.98 Å². The Labute approximate surface area is 190 Å². The molecule has 2 heterocycles. The summed E-state index contributed by atoms with van der Waals surface area (Å²) in [4.78, 5) is 30.6. The van der Waals surface area contributed by atoms with Crippen molar-refractivity contribution in [1.29, 1.82) is 0 Å². The molecule has 0 aliphatic heterocycles. The molecule has 2 aromatic heterocycles. The fourth-order valence-corrected chi connectivity index (χ4v) is 3.94. The Morgan fingerprint density at radius 3 is 2.78 bits per heavy atom. The third-order valence-electron chi connectivity index (χ3n) is 5.00. The number of anilines is 1.